The number of carbonyl (C=O) groups is 3. The quantitative estimate of drug-likeness (QED) is 0.191. The van der Waals surface area contributed by atoms with E-state index < -0.39 is 42.6 Å². The number of ether oxygens (including phenoxy) is 1. The highest BCUT2D eigenvalue weighted by atomic mass is 16.6. The predicted octanol–water partition coefficient (Wildman–Crippen LogP) is 0.461. The minimum atomic E-state index is -1.28. The second-order valence-electron chi connectivity index (χ2n) is 7.97. The van der Waals surface area contributed by atoms with Crippen molar-refractivity contribution >= 4 is 17.6 Å². The van der Waals surface area contributed by atoms with Crippen LogP contribution in [0.1, 0.15) is 52.9 Å². The first-order chi connectivity index (χ1) is 13.1. The SMILES string of the molecule is C=C(C)C[C@H](NC(=O)C(CO)NC(=O)CCCCC(C)C)C(=O)[C@@]1(CO)CO1. The van der Waals surface area contributed by atoms with Crippen molar-refractivity contribution in [2.75, 3.05) is 19.8 Å². The number of carbonyl (C=O) groups excluding carboxylic acids is 3. The van der Waals surface area contributed by atoms with Gasteiger partial charge in [-0.1, -0.05) is 32.3 Å². The number of hydrogen-bond acceptors (Lipinski definition) is 6. The molecule has 4 N–H and O–H groups in total. The van der Waals surface area contributed by atoms with Gasteiger partial charge in [-0.15, -0.1) is 6.58 Å². The number of ketones is 1. The van der Waals surface area contributed by atoms with Gasteiger partial charge in [0, 0.05) is 6.42 Å². The Morgan fingerprint density at radius 2 is 1.79 bits per heavy atom. The van der Waals surface area contributed by atoms with Gasteiger partial charge in [-0.25, -0.2) is 0 Å². The molecule has 8 nitrogen and oxygen atoms in total. The number of hydrogen-bond donors (Lipinski definition) is 4. The van der Waals surface area contributed by atoms with E-state index in [0.29, 0.717) is 17.9 Å². The van der Waals surface area contributed by atoms with Crippen LogP contribution >= 0.6 is 0 Å². The molecular formula is C20H34N2O6. The first kappa shape index (κ1) is 24.3. The van der Waals surface area contributed by atoms with Crippen molar-refractivity contribution in [3.8, 4) is 0 Å². The Morgan fingerprint density at radius 3 is 2.25 bits per heavy atom. The number of amides is 2. The number of aliphatic hydroxyl groups excluding tert-OH is 2. The number of epoxide rings is 1. The number of Topliss-reactive ketones (excluding diaryl/α,β-unsaturated/α-hetero) is 1. The zero-order valence-electron chi connectivity index (χ0n) is 17.1. The topological polar surface area (TPSA) is 128 Å². The lowest BCUT2D eigenvalue weighted by atomic mass is 9.94. The maximum Gasteiger partial charge on any atom is 0.245 e. The van der Waals surface area contributed by atoms with Gasteiger partial charge in [0.15, 0.2) is 11.4 Å². The van der Waals surface area contributed by atoms with Crippen LogP contribution in [0.15, 0.2) is 12.2 Å². The summed E-state index contributed by atoms with van der Waals surface area (Å²) in [5, 5.41) is 23.9. The van der Waals surface area contributed by atoms with Gasteiger partial charge in [0.25, 0.3) is 0 Å². The molecule has 0 aromatic heterocycles. The number of rotatable bonds is 14. The predicted molar refractivity (Wildman–Crippen MR) is 104 cm³/mol. The first-order valence-corrected chi connectivity index (χ1v) is 9.79. The zero-order chi connectivity index (χ0) is 21.3. The summed E-state index contributed by atoms with van der Waals surface area (Å²) in [4.78, 5) is 37.1. The first-order valence-electron chi connectivity index (χ1n) is 9.79. The molecule has 1 heterocycles. The fraction of sp³-hybridized carbons (Fsp3) is 0.750. The normalized spacial score (nSPS) is 20.4. The average molecular weight is 399 g/mol. The molecule has 1 saturated heterocycles. The van der Waals surface area contributed by atoms with Crippen LogP contribution in [0.2, 0.25) is 0 Å². The van der Waals surface area contributed by atoms with Gasteiger partial charge < -0.3 is 25.6 Å². The van der Waals surface area contributed by atoms with E-state index in [4.69, 9.17) is 4.74 Å². The Bertz CT molecular complexity index is 571. The molecule has 28 heavy (non-hydrogen) atoms. The molecule has 0 radical (unpaired) electrons. The van der Waals surface area contributed by atoms with E-state index in [1.54, 1.807) is 6.92 Å². The maximum atomic E-state index is 12.6. The summed E-state index contributed by atoms with van der Waals surface area (Å²) in [6.45, 7) is 8.75. The van der Waals surface area contributed by atoms with Crippen molar-refractivity contribution in [1.82, 2.24) is 10.6 Å². The van der Waals surface area contributed by atoms with Crippen LogP contribution in [0.25, 0.3) is 0 Å². The van der Waals surface area contributed by atoms with E-state index >= 15 is 0 Å². The number of aliphatic hydroxyl groups is 2. The van der Waals surface area contributed by atoms with Crippen molar-refractivity contribution in [1.29, 1.82) is 0 Å². The fourth-order valence-electron chi connectivity index (χ4n) is 2.84. The van der Waals surface area contributed by atoms with Crippen LogP contribution in [0.5, 0.6) is 0 Å². The molecular weight excluding hydrogens is 364 g/mol. The molecule has 1 fully saturated rings. The third-order valence-corrected chi connectivity index (χ3v) is 4.65. The van der Waals surface area contributed by atoms with Gasteiger partial charge in [0.1, 0.15) is 6.04 Å². The molecule has 1 aliphatic heterocycles. The molecule has 0 aromatic rings. The second kappa shape index (κ2) is 11.3. The Morgan fingerprint density at radius 1 is 1.14 bits per heavy atom. The molecule has 0 aliphatic carbocycles. The molecule has 8 heteroatoms. The molecule has 1 unspecified atom stereocenters. The Labute approximate surface area is 166 Å². The fourth-order valence-corrected chi connectivity index (χ4v) is 2.84. The third kappa shape index (κ3) is 7.69. The van der Waals surface area contributed by atoms with E-state index in [0.717, 1.165) is 12.8 Å². The molecule has 2 amide bonds. The van der Waals surface area contributed by atoms with Crippen LogP contribution in [0.4, 0.5) is 0 Å². The summed E-state index contributed by atoms with van der Waals surface area (Å²) in [6, 6.07) is -2.10. The summed E-state index contributed by atoms with van der Waals surface area (Å²) >= 11 is 0. The van der Waals surface area contributed by atoms with Crippen molar-refractivity contribution in [3.05, 3.63) is 12.2 Å². The molecule has 160 valence electrons. The Kier molecular flexibility index (Phi) is 9.78. The minimum absolute atomic E-state index is 0.0986. The highest BCUT2D eigenvalue weighted by molar-refractivity contribution is 5.98. The van der Waals surface area contributed by atoms with Crippen LogP contribution in [0.3, 0.4) is 0 Å². The summed E-state index contributed by atoms with van der Waals surface area (Å²) in [6.07, 6.45) is 3.09. The van der Waals surface area contributed by atoms with Crippen LogP contribution in [-0.4, -0.2) is 65.3 Å². The van der Waals surface area contributed by atoms with Crippen molar-refractivity contribution < 1.29 is 29.3 Å². The number of nitrogens with one attached hydrogen (secondary N) is 2. The monoisotopic (exact) mass is 398 g/mol. The summed E-state index contributed by atoms with van der Waals surface area (Å²) in [5.41, 5.74) is -0.607. The average Bonchev–Trinajstić information content (AvgIpc) is 3.42. The molecule has 1 rings (SSSR count). The number of unbranched alkanes of at least 4 members (excludes halogenated alkanes) is 1. The molecule has 0 bridgehead atoms. The van der Waals surface area contributed by atoms with Crippen LogP contribution in [0, 0.1) is 5.92 Å². The highest BCUT2D eigenvalue weighted by Gasteiger charge is 2.54. The highest BCUT2D eigenvalue weighted by Crippen LogP contribution is 2.29. The molecule has 0 spiro atoms. The van der Waals surface area contributed by atoms with E-state index in [1.165, 1.54) is 0 Å². The van der Waals surface area contributed by atoms with Gasteiger partial charge in [-0.2, -0.15) is 0 Å². The lowest BCUT2D eigenvalue weighted by Gasteiger charge is -2.23. The van der Waals surface area contributed by atoms with Crippen LogP contribution in [-0.2, 0) is 19.1 Å². The summed E-state index contributed by atoms with van der Waals surface area (Å²) in [7, 11) is 0. The van der Waals surface area contributed by atoms with Gasteiger partial charge in [0.2, 0.25) is 11.8 Å². The largest absolute Gasteiger partial charge is 0.394 e. The molecule has 0 saturated carbocycles. The van der Waals surface area contributed by atoms with Crippen molar-refractivity contribution in [3.63, 3.8) is 0 Å². The van der Waals surface area contributed by atoms with E-state index in [2.05, 4.69) is 31.1 Å². The zero-order valence-corrected chi connectivity index (χ0v) is 17.1. The lowest BCUT2D eigenvalue weighted by molar-refractivity contribution is -0.134. The Balaban J connectivity index is 2.61. The molecule has 0 aromatic carbocycles. The van der Waals surface area contributed by atoms with Gasteiger partial charge in [-0.05, 0) is 25.7 Å². The maximum absolute atomic E-state index is 12.6. The van der Waals surface area contributed by atoms with E-state index in [1.807, 2.05) is 0 Å². The Hall–Kier alpha value is -1.77. The minimum Gasteiger partial charge on any atom is -0.394 e. The van der Waals surface area contributed by atoms with Crippen molar-refractivity contribution in [2.45, 2.75) is 70.6 Å². The van der Waals surface area contributed by atoms with Crippen LogP contribution < -0.4 is 10.6 Å². The third-order valence-electron chi connectivity index (χ3n) is 4.65. The second-order valence-corrected chi connectivity index (χ2v) is 7.97. The van der Waals surface area contributed by atoms with Crippen molar-refractivity contribution in [2.24, 2.45) is 5.92 Å². The van der Waals surface area contributed by atoms with Gasteiger partial charge >= 0.3 is 0 Å². The summed E-state index contributed by atoms with van der Waals surface area (Å²) in [5.74, 6) is -0.855. The van der Waals surface area contributed by atoms with Gasteiger partial charge in [0.05, 0.1) is 25.9 Å². The van der Waals surface area contributed by atoms with Gasteiger partial charge in [-0.3, -0.25) is 14.4 Å². The standard InChI is InChI=1S/C20H34N2O6/c1-13(2)7-5-6-8-17(25)21-16(10-23)19(27)22-15(9-14(3)4)18(26)20(11-24)12-28-20/h13,15-16,23-24H,3,5-12H2,1-2,4H3,(H,21,25)(H,22,27)/t15-,16?,20+/m0/s1. The lowest BCUT2D eigenvalue weighted by Crippen LogP contribution is -2.55. The molecule has 1 aliphatic rings. The van der Waals surface area contributed by atoms with E-state index in [-0.39, 0.29) is 25.4 Å². The smallest absolute Gasteiger partial charge is 0.245 e. The molecule has 3 atom stereocenters. The summed E-state index contributed by atoms with van der Waals surface area (Å²) < 4.78 is 5.07. The van der Waals surface area contributed by atoms with E-state index in [9.17, 15) is 24.6 Å².